The average Bonchev–Trinajstić information content (AvgIpc) is 2.96. The highest BCUT2D eigenvalue weighted by molar-refractivity contribution is 8.36. The Hall–Kier alpha value is -2.99. The number of aromatic hydroxyl groups is 1. The molecule has 5 rings (SSSR count). The van der Waals surface area contributed by atoms with E-state index in [9.17, 15) is 27.9 Å². The third kappa shape index (κ3) is 3.08. The fourth-order valence-electron chi connectivity index (χ4n) is 3.85. The normalized spacial score (nSPS) is 20.3. The van der Waals surface area contributed by atoms with Gasteiger partial charge in [0.1, 0.15) is 6.04 Å². The van der Waals surface area contributed by atoms with E-state index < -0.39 is 45.1 Å². The predicted octanol–water partition coefficient (Wildman–Crippen LogP) is 2.12. The highest BCUT2D eigenvalue weighted by Gasteiger charge is 2.36. The number of nitrogens with one attached hydrogen (secondary N) is 1. The minimum Gasteiger partial charge on any atom is -0.493 e. The van der Waals surface area contributed by atoms with Crippen molar-refractivity contribution in [3.05, 3.63) is 63.1 Å². The van der Waals surface area contributed by atoms with E-state index in [1.807, 2.05) is 0 Å². The summed E-state index contributed by atoms with van der Waals surface area (Å²) in [6, 6.07) is 6.12. The third-order valence-electron chi connectivity index (χ3n) is 5.26. The van der Waals surface area contributed by atoms with Crippen molar-refractivity contribution >= 4 is 37.3 Å². The van der Waals surface area contributed by atoms with Crippen molar-refractivity contribution in [2.75, 3.05) is 5.75 Å². The van der Waals surface area contributed by atoms with Gasteiger partial charge in [-0.1, -0.05) is 16.7 Å². The van der Waals surface area contributed by atoms with Gasteiger partial charge < -0.3 is 5.11 Å². The van der Waals surface area contributed by atoms with Gasteiger partial charge in [0.2, 0.25) is 5.88 Å². The molecule has 31 heavy (non-hydrogen) atoms. The lowest BCUT2D eigenvalue weighted by atomic mass is 10.1. The molecule has 0 bridgehead atoms. The van der Waals surface area contributed by atoms with E-state index in [-0.39, 0.29) is 28.1 Å². The molecule has 4 aromatic rings. The number of hydrogen-bond acceptors (Lipinski definition) is 4. The van der Waals surface area contributed by atoms with Crippen LogP contribution in [-0.4, -0.2) is 30.2 Å². The molecule has 2 unspecified atom stereocenters. The Bertz CT molecular complexity index is 1480. The van der Waals surface area contributed by atoms with Crippen LogP contribution < -0.4 is 15.8 Å². The number of fused-ring (bicyclic) bond motifs is 1. The summed E-state index contributed by atoms with van der Waals surface area (Å²) in [6.45, 7) is -0.0557. The van der Waals surface area contributed by atoms with E-state index in [0.717, 1.165) is 12.1 Å². The highest BCUT2D eigenvalue weighted by Crippen LogP contribution is 2.50. The number of H-pyrrole nitrogens is 1. The molecule has 0 spiro atoms. The summed E-state index contributed by atoms with van der Waals surface area (Å²) in [6.07, 6.45) is -3.11. The number of hydrogen-bond donors (Lipinski definition) is 3. The molecule has 1 aliphatic rings. The van der Waals surface area contributed by atoms with Crippen molar-refractivity contribution in [2.45, 2.75) is 23.7 Å². The van der Waals surface area contributed by atoms with E-state index in [1.165, 1.54) is 13.6 Å². The van der Waals surface area contributed by atoms with Gasteiger partial charge in [0.25, 0.3) is 5.65 Å². The van der Waals surface area contributed by atoms with Gasteiger partial charge in [-0.25, -0.2) is 9.59 Å². The van der Waals surface area contributed by atoms with E-state index >= 15 is 0 Å². The van der Waals surface area contributed by atoms with Crippen LogP contribution in [0.15, 0.2) is 51.0 Å². The molecule has 4 heterocycles. The van der Waals surface area contributed by atoms with Crippen molar-refractivity contribution in [1.82, 2.24) is 19.3 Å². The number of pyridine rings is 1. The Morgan fingerprint density at radius 1 is 1.29 bits per heavy atom. The Labute approximate surface area is 178 Å². The summed E-state index contributed by atoms with van der Waals surface area (Å²) in [5.74, 6) is -0.664. The van der Waals surface area contributed by atoms with E-state index in [1.54, 1.807) is 24.4 Å². The van der Waals surface area contributed by atoms with Crippen LogP contribution in [0.25, 0.3) is 16.6 Å². The summed E-state index contributed by atoms with van der Waals surface area (Å²) >= 11 is 0. The molecule has 8 nitrogen and oxygen atoms in total. The lowest BCUT2D eigenvalue weighted by Gasteiger charge is -2.17. The summed E-state index contributed by atoms with van der Waals surface area (Å²) < 4.78 is 44.2. The zero-order chi connectivity index (χ0) is 22.1. The number of aromatic amines is 1. The maximum atomic E-state index is 13.4. The standard InChI is InChI=1S/C18H13ClF3N5O3S/c19-31-8-10(27-17(30)25-4-2-1-3-13(25)24-27)7-26-14-11(15(28)23-16(26)29)5-9(6-12(14)31)18(20,21)22/h1-6,10,31H,7-8H2,(H,23,28,29)/p+1. The second-order valence-corrected chi connectivity index (χ2v) is 9.93. The van der Waals surface area contributed by atoms with Crippen LogP contribution in [0.4, 0.5) is 13.2 Å². The van der Waals surface area contributed by atoms with Crippen molar-refractivity contribution in [3.8, 4) is 5.88 Å². The Balaban J connectivity index is 1.76. The van der Waals surface area contributed by atoms with Crippen LogP contribution in [0.3, 0.4) is 0 Å². The molecular weight excluding hydrogens is 459 g/mol. The number of thiol groups is 1. The molecule has 0 saturated heterocycles. The minimum absolute atomic E-state index is 0.0557. The van der Waals surface area contributed by atoms with Gasteiger partial charge in [-0.2, -0.15) is 27.7 Å². The van der Waals surface area contributed by atoms with Crippen molar-refractivity contribution < 1.29 is 22.7 Å². The smallest absolute Gasteiger partial charge is 0.476 e. The minimum atomic E-state index is -4.68. The average molecular weight is 473 g/mol. The molecule has 0 aliphatic carbocycles. The van der Waals surface area contributed by atoms with Crippen LogP contribution in [0.1, 0.15) is 11.6 Å². The first kappa shape index (κ1) is 19.9. The number of rotatable bonds is 1. The van der Waals surface area contributed by atoms with E-state index in [0.29, 0.717) is 5.65 Å². The van der Waals surface area contributed by atoms with Crippen LogP contribution in [-0.2, 0) is 12.7 Å². The van der Waals surface area contributed by atoms with Crippen LogP contribution in [0, 0.1) is 0 Å². The second kappa shape index (κ2) is 6.76. The molecule has 13 heteroatoms. The molecule has 0 saturated carbocycles. The quantitative estimate of drug-likeness (QED) is 0.292. The van der Waals surface area contributed by atoms with Gasteiger partial charge in [-0.3, -0.25) is 4.57 Å². The molecule has 1 aliphatic heterocycles. The number of halogens is 4. The number of nitrogens with zero attached hydrogens (tertiary/aromatic N) is 4. The van der Waals surface area contributed by atoms with Gasteiger partial charge in [0, 0.05) is 16.7 Å². The monoisotopic (exact) mass is 472 g/mol. The molecule has 0 amide bonds. The Morgan fingerprint density at radius 3 is 2.77 bits per heavy atom. The first-order valence-electron chi connectivity index (χ1n) is 9.04. The molecule has 0 radical (unpaired) electrons. The first-order chi connectivity index (χ1) is 14.6. The molecule has 2 atom stereocenters. The molecular formula is C18H14ClF3N5O3S+. The summed E-state index contributed by atoms with van der Waals surface area (Å²) in [4.78, 5) is 29.0. The molecule has 0 fully saturated rings. The first-order valence-corrected chi connectivity index (χ1v) is 11.5. The number of alkyl halides is 3. The summed E-state index contributed by atoms with van der Waals surface area (Å²) in [7, 11) is 4.85. The molecule has 162 valence electrons. The lowest BCUT2D eigenvalue weighted by molar-refractivity contribution is -0.530. The van der Waals surface area contributed by atoms with Crippen LogP contribution in [0.2, 0.25) is 0 Å². The number of benzene rings is 1. The third-order valence-corrected chi connectivity index (χ3v) is 7.82. The maximum Gasteiger partial charge on any atom is 0.476 e. The van der Waals surface area contributed by atoms with Gasteiger partial charge >= 0.3 is 17.6 Å². The Kier molecular flexibility index (Phi) is 4.35. The van der Waals surface area contributed by atoms with Crippen LogP contribution in [0.5, 0.6) is 5.88 Å². The summed E-state index contributed by atoms with van der Waals surface area (Å²) in [5, 5.41) is 12.9. The van der Waals surface area contributed by atoms with Gasteiger partial charge in [0.15, 0.2) is 0 Å². The van der Waals surface area contributed by atoms with E-state index in [2.05, 4.69) is 10.1 Å². The molecule has 1 aromatic carbocycles. The van der Waals surface area contributed by atoms with Crippen molar-refractivity contribution in [2.24, 2.45) is 0 Å². The van der Waals surface area contributed by atoms with Gasteiger partial charge in [-0.05, 0) is 18.2 Å². The second-order valence-electron chi connectivity index (χ2n) is 7.14. The zero-order valence-electron chi connectivity index (χ0n) is 15.5. The fraction of sp³-hybridized carbons (Fsp3) is 0.222. The molecule has 2 N–H and O–H groups in total. The lowest BCUT2D eigenvalue weighted by Crippen LogP contribution is -2.43. The van der Waals surface area contributed by atoms with E-state index in [4.69, 9.17) is 10.7 Å². The maximum absolute atomic E-state index is 13.4. The van der Waals surface area contributed by atoms with Crippen LogP contribution >= 0.6 is 20.8 Å². The fourth-order valence-corrected chi connectivity index (χ4v) is 6.31. The van der Waals surface area contributed by atoms with Gasteiger partial charge in [-0.15, -0.1) is 14.8 Å². The Morgan fingerprint density at radius 2 is 2.06 bits per heavy atom. The largest absolute Gasteiger partial charge is 0.493 e. The highest BCUT2D eigenvalue weighted by atomic mass is 35.7. The predicted molar refractivity (Wildman–Crippen MR) is 108 cm³/mol. The SMILES string of the molecule is O=c1nc(O)c2cc(C(F)(F)F)cc3c2n1CC(n1[nH]c2cccc[n+]2c1=O)C[SH]3Cl. The zero-order valence-corrected chi connectivity index (χ0v) is 17.1. The van der Waals surface area contributed by atoms with Crippen molar-refractivity contribution in [3.63, 3.8) is 0 Å². The molecule has 3 aromatic heterocycles. The topological polar surface area (TPSA) is 97.0 Å². The number of aromatic nitrogens is 5. The van der Waals surface area contributed by atoms with Gasteiger partial charge in [0.05, 0.1) is 29.2 Å². The van der Waals surface area contributed by atoms with Crippen molar-refractivity contribution in [1.29, 1.82) is 0 Å². The summed E-state index contributed by atoms with van der Waals surface area (Å²) in [5.41, 5.74) is -1.63.